The van der Waals surface area contributed by atoms with Crippen LogP contribution < -0.4 is 0 Å². The van der Waals surface area contributed by atoms with E-state index in [4.69, 9.17) is 0 Å². The third kappa shape index (κ3) is 3.92. The van der Waals surface area contributed by atoms with Crippen LogP contribution in [0.2, 0.25) is 0 Å². The first-order valence-electron chi connectivity index (χ1n) is 7.02. The van der Waals surface area contributed by atoms with Gasteiger partial charge in [-0.2, -0.15) is 5.26 Å². The molecule has 0 spiro atoms. The lowest BCUT2D eigenvalue weighted by molar-refractivity contribution is -0.139. The molecule has 0 fully saturated rings. The average molecular weight is 305 g/mol. The molecule has 0 N–H and O–H groups in total. The van der Waals surface area contributed by atoms with Gasteiger partial charge in [-0.3, -0.25) is 9.59 Å². The number of hydrogen-bond acceptors (Lipinski definition) is 4. The van der Waals surface area contributed by atoms with Crippen LogP contribution in [-0.4, -0.2) is 18.9 Å². The summed E-state index contributed by atoms with van der Waals surface area (Å²) < 4.78 is 4.62. The van der Waals surface area contributed by atoms with E-state index < -0.39 is 5.97 Å². The van der Waals surface area contributed by atoms with E-state index in [9.17, 15) is 14.9 Å². The van der Waals surface area contributed by atoms with Gasteiger partial charge in [-0.15, -0.1) is 0 Å². The fourth-order valence-electron chi connectivity index (χ4n) is 2.18. The number of esters is 1. The van der Waals surface area contributed by atoms with Gasteiger partial charge in [-0.25, -0.2) is 0 Å². The molecule has 0 saturated carbocycles. The normalized spacial score (nSPS) is 11.1. The highest BCUT2D eigenvalue weighted by atomic mass is 16.5. The molecule has 114 valence electrons. The van der Waals surface area contributed by atoms with E-state index in [1.54, 1.807) is 48.5 Å². The van der Waals surface area contributed by atoms with Crippen molar-refractivity contribution in [2.45, 2.75) is 6.42 Å². The van der Waals surface area contributed by atoms with E-state index in [-0.39, 0.29) is 23.4 Å². The fraction of sp³-hybridized carbons (Fsp3) is 0.105. The molecule has 0 aliphatic carbocycles. The van der Waals surface area contributed by atoms with E-state index in [0.717, 1.165) is 0 Å². The summed E-state index contributed by atoms with van der Waals surface area (Å²) in [5.74, 6) is -0.854. The van der Waals surface area contributed by atoms with E-state index in [0.29, 0.717) is 11.1 Å². The van der Waals surface area contributed by atoms with Crippen LogP contribution in [0.4, 0.5) is 0 Å². The molecular weight excluding hydrogens is 290 g/mol. The highest BCUT2D eigenvalue weighted by Crippen LogP contribution is 2.25. The molecule has 0 aliphatic heterocycles. The van der Waals surface area contributed by atoms with Gasteiger partial charge in [-0.05, 0) is 5.56 Å². The molecule has 4 heteroatoms. The second-order valence-corrected chi connectivity index (χ2v) is 4.78. The number of carbonyl (C=O) groups is 2. The molecule has 0 atom stereocenters. The predicted molar refractivity (Wildman–Crippen MR) is 86.4 cm³/mol. The molecule has 0 saturated heterocycles. The Kier molecular flexibility index (Phi) is 5.43. The number of nitrogens with zero attached hydrogens (tertiary/aromatic N) is 1. The zero-order chi connectivity index (χ0) is 16.7. The minimum atomic E-state index is -0.559. The lowest BCUT2D eigenvalue weighted by Crippen LogP contribution is -2.09. The first-order valence-corrected chi connectivity index (χ1v) is 7.02. The molecule has 0 heterocycles. The number of ketones is 1. The van der Waals surface area contributed by atoms with Crippen molar-refractivity contribution in [3.63, 3.8) is 0 Å². The van der Waals surface area contributed by atoms with Crippen molar-refractivity contribution in [3.8, 4) is 6.07 Å². The molecule has 0 aliphatic rings. The number of benzene rings is 2. The van der Waals surface area contributed by atoms with Gasteiger partial charge in [0.1, 0.15) is 0 Å². The number of rotatable bonds is 5. The molecule has 0 amide bonds. The topological polar surface area (TPSA) is 67.2 Å². The maximum Gasteiger partial charge on any atom is 0.310 e. The van der Waals surface area contributed by atoms with Gasteiger partial charge < -0.3 is 4.74 Å². The second-order valence-electron chi connectivity index (χ2n) is 4.78. The van der Waals surface area contributed by atoms with Crippen LogP contribution in [-0.2, 0) is 9.53 Å². The molecule has 2 aromatic carbocycles. The Morgan fingerprint density at radius 3 is 1.96 bits per heavy atom. The maximum absolute atomic E-state index is 12.9. The van der Waals surface area contributed by atoms with Crippen LogP contribution in [0.15, 0.2) is 66.2 Å². The van der Waals surface area contributed by atoms with E-state index >= 15 is 0 Å². The molecule has 4 nitrogen and oxygen atoms in total. The summed E-state index contributed by atoms with van der Waals surface area (Å²) in [5.41, 5.74) is 1.38. The van der Waals surface area contributed by atoms with Gasteiger partial charge in [-0.1, -0.05) is 60.7 Å². The molecule has 23 heavy (non-hydrogen) atoms. The fourth-order valence-corrected chi connectivity index (χ4v) is 2.18. The number of hydrogen-bond donors (Lipinski definition) is 0. The van der Waals surface area contributed by atoms with Crippen molar-refractivity contribution < 1.29 is 14.3 Å². The van der Waals surface area contributed by atoms with Crippen LogP contribution >= 0.6 is 0 Å². The Balaban J connectivity index is 2.59. The standard InChI is InChI=1S/C19H15NO3/c1-23-17(21)12-16(13-20)18(14-8-4-2-5-9-14)19(22)15-10-6-3-7-11-15/h2-11H,12H2,1H3/b18-16-. The van der Waals surface area contributed by atoms with Crippen LogP contribution in [0.25, 0.3) is 5.57 Å². The number of ether oxygens (including phenoxy) is 1. The van der Waals surface area contributed by atoms with Crippen molar-refractivity contribution >= 4 is 17.3 Å². The van der Waals surface area contributed by atoms with Crippen LogP contribution in [0.5, 0.6) is 0 Å². The summed E-state index contributed by atoms with van der Waals surface area (Å²) in [6.45, 7) is 0. The smallest absolute Gasteiger partial charge is 0.310 e. The molecule has 0 radical (unpaired) electrons. The van der Waals surface area contributed by atoms with E-state index in [1.807, 2.05) is 18.2 Å². The molecular formula is C19H15NO3. The lowest BCUT2D eigenvalue weighted by atomic mass is 9.91. The van der Waals surface area contributed by atoms with Crippen molar-refractivity contribution in [1.29, 1.82) is 5.26 Å². The highest BCUT2D eigenvalue weighted by molar-refractivity contribution is 6.30. The Hall–Kier alpha value is -3.19. The van der Waals surface area contributed by atoms with Crippen molar-refractivity contribution in [2.24, 2.45) is 0 Å². The Bertz CT molecular complexity index is 771. The zero-order valence-electron chi connectivity index (χ0n) is 12.7. The van der Waals surface area contributed by atoms with Gasteiger partial charge in [0.15, 0.2) is 5.78 Å². The van der Waals surface area contributed by atoms with Gasteiger partial charge in [0, 0.05) is 11.1 Å². The number of nitriles is 1. The minimum Gasteiger partial charge on any atom is -0.469 e. The molecule has 0 aromatic heterocycles. The SMILES string of the molecule is COC(=O)C/C(C#N)=C(/C(=O)c1ccccc1)c1ccccc1. The molecule has 0 bridgehead atoms. The zero-order valence-corrected chi connectivity index (χ0v) is 12.7. The Labute approximate surface area is 134 Å². The first-order chi connectivity index (χ1) is 11.2. The van der Waals surface area contributed by atoms with E-state index in [1.165, 1.54) is 7.11 Å². The summed E-state index contributed by atoms with van der Waals surface area (Å²) in [4.78, 5) is 24.4. The Morgan fingerprint density at radius 1 is 0.957 bits per heavy atom. The number of carbonyl (C=O) groups excluding carboxylic acids is 2. The summed E-state index contributed by atoms with van der Waals surface area (Å²) >= 11 is 0. The third-order valence-corrected chi connectivity index (χ3v) is 3.31. The summed E-state index contributed by atoms with van der Waals surface area (Å²) in [7, 11) is 1.25. The van der Waals surface area contributed by atoms with Crippen LogP contribution in [0, 0.1) is 11.3 Å². The maximum atomic E-state index is 12.9. The second kappa shape index (κ2) is 7.71. The Morgan fingerprint density at radius 2 is 1.48 bits per heavy atom. The highest BCUT2D eigenvalue weighted by Gasteiger charge is 2.21. The number of allylic oxidation sites excluding steroid dienone is 1. The van der Waals surface area contributed by atoms with Gasteiger partial charge in [0.2, 0.25) is 0 Å². The quantitative estimate of drug-likeness (QED) is 0.367. The minimum absolute atomic E-state index is 0.0944. The summed E-state index contributed by atoms with van der Waals surface area (Å²) in [6.07, 6.45) is -0.240. The van der Waals surface area contributed by atoms with Gasteiger partial charge >= 0.3 is 5.97 Å². The molecule has 0 unspecified atom stereocenters. The average Bonchev–Trinajstić information content (AvgIpc) is 2.62. The van der Waals surface area contributed by atoms with Crippen LogP contribution in [0.3, 0.4) is 0 Å². The summed E-state index contributed by atoms with van der Waals surface area (Å²) in [6, 6.07) is 19.5. The summed E-state index contributed by atoms with van der Waals surface area (Å²) in [5, 5.41) is 9.43. The number of methoxy groups -OCH3 is 1. The monoisotopic (exact) mass is 305 g/mol. The van der Waals surface area contributed by atoms with Crippen molar-refractivity contribution in [2.75, 3.05) is 7.11 Å². The predicted octanol–water partition coefficient (Wildman–Crippen LogP) is 3.41. The lowest BCUT2D eigenvalue weighted by Gasteiger charge is -2.10. The first kappa shape index (κ1) is 16.2. The van der Waals surface area contributed by atoms with Crippen molar-refractivity contribution in [3.05, 3.63) is 77.4 Å². The third-order valence-electron chi connectivity index (χ3n) is 3.31. The van der Waals surface area contributed by atoms with Crippen LogP contribution in [0.1, 0.15) is 22.3 Å². The van der Waals surface area contributed by atoms with E-state index in [2.05, 4.69) is 4.74 Å². The van der Waals surface area contributed by atoms with Gasteiger partial charge in [0.25, 0.3) is 0 Å². The molecule has 2 aromatic rings. The molecule has 2 rings (SSSR count). The van der Waals surface area contributed by atoms with Crippen molar-refractivity contribution in [1.82, 2.24) is 0 Å². The number of Topliss-reactive ketones (excluding diaryl/α,β-unsaturated/α-hetero) is 1. The largest absolute Gasteiger partial charge is 0.469 e. The van der Waals surface area contributed by atoms with Gasteiger partial charge in [0.05, 0.1) is 25.2 Å².